The number of carbonyl (C=O) groups excluding carboxylic acids is 2. The van der Waals surface area contributed by atoms with Gasteiger partial charge in [0.15, 0.2) is 0 Å². The van der Waals surface area contributed by atoms with Crippen molar-refractivity contribution in [1.29, 1.82) is 0 Å². The first-order valence-corrected chi connectivity index (χ1v) is 22.9. The molecule has 0 aliphatic rings. The van der Waals surface area contributed by atoms with Gasteiger partial charge in [-0.25, -0.2) is 29.7 Å². The van der Waals surface area contributed by atoms with E-state index in [4.69, 9.17) is 10.5 Å². The third-order valence-corrected chi connectivity index (χ3v) is 10.5. The number of hydrogen-bond donors (Lipinski definition) is 4. The van der Waals surface area contributed by atoms with Gasteiger partial charge in [0.25, 0.3) is 5.91 Å². The number of imidazole rings is 3. The van der Waals surface area contributed by atoms with Gasteiger partial charge < -0.3 is 34.8 Å². The number of nitrogen functional groups attached to an aromatic ring is 1. The lowest BCUT2D eigenvalue weighted by atomic mass is 10.1. The SMILES string of the molecule is Cc1cc(N)cc(-n2cnc(C)c2)c1.Cc1cc(NC(=O)OC(C)(C)C)cc(-n2cnc(C)c2)c1.Cc1cc(NC(=O)c2ccc(C)c(Nc3nccc(-c4cccnc4)n3)c2)cc(-n2cnc(C)c2)c1.Cl. The van der Waals surface area contributed by atoms with E-state index in [1.165, 1.54) is 0 Å². The van der Waals surface area contributed by atoms with Crippen LogP contribution in [0.3, 0.4) is 0 Å². The predicted molar refractivity (Wildman–Crippen MR) is 288 cm³/mol. The maximum absolute atomic E-state index is 13.1. The summed E-state index contributed by atoms with van der Waals surface area (Å²) in [6.45, 7) is 19.3. The van der Waals surface area contributed by atoms with Crippen LogP contribution in [0.2, 0.25) is 0 Å². The minimum absolute atomic E-state index is 0. The molecule has 0 aliphatic heterocycles. The molecule has 9 aromatic rings. The molecule has 16 nitrogen and oxygen atoms in total. The third kappa shape index (κ3) is 14.9. The Kier molecular flexibility index (Phi) is 17.1. The molecule has 0 radical (unpaired) electrons. The largest absolute Gasteiger partial charge is 0.444 e. The molecule has 2 amide bonds. The minimum atomic E-state index is -0.516. The van der Waals surface area contributed by atoms with Gasteiger partial charge in [-0.2, -0.15) is 0 Å². The average Bonchev–Trinajstić information content (AvgIpc) is 4.08. The summed E-state index contributed by atoms with van der Waals surface area (Å²) >= 11 is 0. The van der Waals surface area contributed by atoms with Crippen LogP contribution in [0.4, 0.5) is 33.5 Å². The van der Waals surface area contributed by atoms with Crippen molar-refractivity contribution < 1.29 is 14.3 Å². The Labute approximate surface area is 426 Å². The number of benzene rings is 4. The van der Waals surface area contributed by atoms with Crippen molar-refractivity contribution in [2.75, 3.05) is 21.7 Å². The van der Waals surface area contributed by atoms with E-state index in [0.29, 0.717) is 22.9 Å². The number of anilines is 5. The van der Waals surface area contributed by atoms with Crippen LogP contribution in [0.25, 0.3) is 28.3 Å². The third-order valence-electron chi connectivity index (χ3n) is 10.5. The number of aromatic nitrogens is 9. The maximum atomic E-state index is 13.1. The Bertz CT molecular complexity index is 3280. The summed E-state index contributed by atoms with van der Waals surface area (Å²) in [5, 5.41) is 9.03. The minimum Gasteiger partial charge on any atom is -0.444 e. The molecule has 0 spiro atoms. The number of carbonyl (C=O) groups is 2. The van der Waals surface area contributed by atoms with Crippen LogP contribution >= 0.6 is 12.4 Å². The first-order chi connectivity index (χ1) is 33.8. The van der Waals surface area contributed by atoms with Crippen LogP contribution in [0, 0.1) is 48.5 Å². The molecule has 5 heterocycles. The normalized spacial score (nSPS) is 10.7. The van der Waals surface area contributed by atoms with Crippen molar-refractivity contribution >= 4 is 53.1 Å². The fraction of sp³-hybridized carbons (Fsp3) is 0.200. The van der Waals surface area contributed by atoms with Crippen molar-refractivity contribution in [2.45, 2.75) is 74.8 Å². The molecule has 5 aromatic heterocycles. The Morgan fingerprint density at radius 1 is 0.611 bits per heavy atom. The van der Waals surface area contributed by atoms with Crippen LogP contribution in [-0.2, 0) is 4.74 Å². The number of hydrogen-bond acceptors (Lipinski definition) is 11. The standard InChI is InChI=1S/C28H25N7O.C16H21N3O2.C11H13N3.ClH/c1-18-11-23(14-24(12-18)35-16-20(3)31-17-35)32-27(36)21-7-6-19(2)26(13-21)34-28-30-10-8-25(33-28)22-5-4-9-29-15-22;1-11-6-13(18-15(20)21-16(3,4)5)8-14(7-11)19-9-12(2)17-10-19;1-8-3-10(12)5-11(4-8)14-6-9(2)13-7-14;/h4-17H,1-3H3,(H,32,36)(H,30,33,34);6-10H,1-5H3,(H,18,20);3-7H,12H2,1-2H3;1H. The Morgan fingerprint density at radius 3 is 1.65 bits per heavy atom. The van der Waals surface area contributed by atoms with E-state index in [1.54, 1.807) is 49.7 Å². The lowest BCUT2D eigenvalue weighted by molar-refractivity contribution is 0.0635. The topological polar surface area (TPSA) is 198 Å². The Hall–Kier alpha value is -8.63. The fourth-order valence-corrected chi connectivity index (χ4v) is 7.33. The summed E-state index contributed by atoms with van der Waals surface area (Å²) in [4.78, 5) is 50.8. The number of halogens is 1. The molecular formula is C55H60ClN13O3. The highest BCUT2D eigenvalue weighted by Gasteiger charge is 2.17. The summed E-state index contributed by atoms with van der Waals surface area (Å²) in [5.41, 5.74) is 20.4. The van der Waals surface area contributed by atoms with Gasteiger partial charge in [0.2, 0.25) is 5.95 Å². The second-order valence-electron chi connectivity index (χ2n) is 18.2. The molecule has 0 aliphatic carbocycles. The van der Waals surface area contributed by atoms with E-state index in [-0.39, 0.29) is 18.3 Å². The van der Waals surface area contributed by atoms with E-state index >= 15 is 0 Å². The van der Waals surface area contributed by atoms with Gasteiger partial charge in [-0.15, -0.1) is 12.4 Å². The molecule has 9 rings (SSSR count). The maximum Gasteiger partial charge on any atom is 0.412 e. The van der Waals surface area contributed by atoms with Crippen LogP contribution in [-0.4, -0.2) is 61.2 Å². The van der Waals surface area contributed by atoms with Gasteiger partial charge in [0.05, 0.1) is 41.8 Å². The van der Waals surface area contributed by atoms with E-state index in [2.05, 4.69) is 51.9 Å². The van der Waals surface area contributed by atoms with Crippen molar-refractivity contribution in [3.05, 3.63) is 192 Å². The zero-order valence-electron chi connectivity index (χ0n) is 42.1. The number of amides is 2. The van der Waals surface area contributed by atoms with Gasteiger partial charge >= 0.3 is 6.09 Å². The zero-order chi connectivity index (χ0) is 50.8. The summed E-state index contributed by atoms with van der Waals surface area (Å²) in [6.07, 6.45) is 15.9. The van der Waals surface area contributed by atoms with E-state index in [1.807, 2.05) is 174 Å². The number of nitrogens with two attached hydrogens (primary N) is 1. The second kappa shape index (κ2) is 23.3. The van der Waals surface area contributed by atoms with Gasteiger partial charge in [-0.05, 0) is 176 Å². The molecule has 0 saturated carbocycles. The van der Waals surface area contributed by atoms with Crippen LogP contribution in [0.1, 0.15) is 70.5 Å². The van der Waals surface area contributed by atoms with Gasteiger partial charge in [-0.1, -0.05) is 6.07 Å². The van der Waals surface area contributed by atoms with Crippen LogP contribution < -0.4 is 21.7 Å². The number of aryl methyl sites for hydroxylation is 7. The fourth-order valence-electron chi connectivity index (χ4n) is 7.33. The quantitative estimate of drug-likeness (QED) is 0.100. The van der Waals surface area contributed by atoms with Gasteiger partial charge in [-0.3, -0.25) is 15.1 Å². The van der Waals surface area contributed by atoms with Gasteiger partial charge in [0, 0.05) is 88.1 Å². The molecule has 370 valence electrons. The molecule has 0 unspecified atom stereocenters. The molecular weight excluding hydrogens is 926 g/mol. The van der Waals surface area contributed by atoms with E-state index in [0.717, 1.165) is 79.0 Å². The molecule has 4 aromatic carbocycles. The molecule has 0 atom stereocenters. The molecule has 17 heteroatoms. The molecule has 0 fully saturated rings. The van der Waals surface area contributed by atoms with E-state index < -0.39 is 11.7 Å². The van der Waals surface area contributed by atoms with Crippen molar-refractivity contribution in [1.82, 2.24) is 43.6 Å². The second-order valence-corrected chi connectivity index (χ2v) is 18.2. The van der Waals surface area contributed by atoms with Gasteiger partial charge in [0.1, 0.15) is 5.60 Å². The van der Waals surface area contributed by atoms with Crippen molar-refractivity contribution in [3.8, 4) is 28.3 Å². The summed E-state index contributed by atoms with van der Waals surface area (Å²) in [5.74, 6) is 0.234. The van der Waals surface area contributed by atoms with Crippen LogP contribution in [0.5, 0.6) is 0 Å². The number of ether oxygens (including phenoxy) is 1. The highest BCUT2D eigenvalue weighted by Crippen LogP contribution is 2.25. The molecule has 0 bridgehead atoms. The lowest BCUT2D eigenvalue weighted by Crippen LogP contribution is -2.27. The number of pyridine rings is 1. The summed E-state index contributed by atoms with van der Waals surface area (Å²) < 4.78 is 11.1. The predicted octanol–water partition coefficient (Wildman–Crippen LogP) is 12.0. The first-order valence-electron chi connectivity index (χ1n) is 22.9. The monoisotopic (exact) mass is 985 g/mol. The summed E-state index contributed by atoms with van der Waals surface area (Å²) in [7, 11) is 0. The lowest BCUT2D eigenvalue weighted by Gasteiger charge is -2.20. The average molecular weight is 987 g/mol. The van der Waals surface area contributed by atoms with Crippen LogP contribution in [0.15, 0.2) is 147 Å². The Morgan fingerprint density at radius 2 is 1.15 bits per heavy atom. The Balaban J connectivity index is 0.000000198. The number of nitrogens with zero attached hydrogens (tertiary/aromatic N) is 9. The highest BCUT2D eigenvalue weighted by atomic mass is 35.5. The summed E-state index contributed by atoms with van der Waals surface area (Å²) in [6, 6.07) is 28.9. The smallest absolute Gasteiger partial charge is 0.412 e. The molecule has 72 heavy (non-hydrogen) atoms. The highest BCUT2D eigenvalue weighted by molar-refractivity contribution is 6.05. The molecule has 0 saturated heterocycles. The molecule has 5 N–H and O–H groups in total. The van der Waals surface area contributed by atoms with Crippen molar-refractivity contribution in [3.63, 3.8) is 0 Å². The first kappa shape index (κ1) is 52.7. The number of nitrogens with one attached hydrogen (secondary N) is 3. The van der Waals surface area contributed by atoms with E-state index in [9.17, 15) is 9.59 Å². The van der Waals surface area contributed by atoms with Crippen molar-refractivity contribution in [2.24, 2.45) is 0 Å². The zero-order valence-corrected chi connectivity index (χ0v) is 42.9. The number of rotatable bonds is 9.